The summed E-state index contributed by atoms with van der Waals surface area (Å²) in [7, 11) is 3.28. The van der Waals surface area contributed by atoms with Crippen molar-refractivity contribution in [2.75, 3.05) is 51.8 Å². The number of halogens is 2. The minimum atomic E-state index is -1.83. The first kappa shape index (κ1) is 24.1. The van der Waals surface area contributed by atoms with Crippen molar-refractivity contribution >= 4 is 34.8 Å². The van der Waals surface area contributed by atoms with Crippen molar-refractivity contribution in [3.8, 4) is 5.75 Å². The van der Waals surface area contributed by atoms with Gasteiger partial charge in [0.25, 0.3) is 11.8 Å². The summed E-state index contributed by atoms with van der Waals surface area (Å²) in [5, 5.41) is 4.74. The predicted molar refractivity (Wildman–Crippen MR) is 130 cm³/mol. The number of rotatable bonds is 5. The van der Waals surface area contributed by atoms with Gasteiger partial charge in [0.05, 0.1) is 19.2 Å². The number of hydrogen-bond donors (Lipinski definition) is 2. The number of pyridine rings is 1. The smallest absolute Gasteiger partial charge is 0.322 e. The zero-order valence-corrected chi connectivity index (χ0v) is 20.6. The molecule has 1 atom stereocenters. The molecule has 1 unspecified atom stereocenters. The summed E-state index contributed by atoms with van der Waals surface area (Å²) in [5.74, 6) is -2.74. The fourth-order valence-electron chi connectivity index (χ4n) is 5.21. The van der Waals surface area contributed by atoms with E-state index in [0.717, 1.165) is 13.1 Å². The van der Waals surface area contributed by atoms with E-state index in [4.69, 9.17) is 9.15 Å². The number of furan rings is 1. The summed E-state index contributed by atoms with van der Waals surface area (Å²) >= 11 is 0. The van der Waals surface area contributed by atoms with Gasteiger partial charge in [-0.25, -0.2) is 18.6 Å². The molecule has 0 spiro atoms. The summed E-state index contributed by atoms with van der Waals surface area (Å²) in [6.45, 7) is 2.35. The lowest BCUT2D eigenvalue weighted by molar-refractivity contribution is -0.125. The van der Waals surface area contributed by atoms with Crippen LogP contribution >= 0.6 is 0 Å². The number of carbonyl (C=O) groups is 3. The number of benzene rings is 1. The van der Waals surface area contributed by atoms with E-state index in [1.165, 1.54) is 30.2 Å². The Bertz CT molecular complexity index is 1500. The molecule has 3 aliphatic heterocycles. The molecular formula is C25H24F2N6O5. The summed E-state index contributed by atoms with van der Waals surface area (Å²) in [4.78, 5) is 48.2. The van der Waals surface area contributed by atoms with E-state index in [1.54, 1.807) is 6.07 Å². The monoisotopic (exact) mass is 526 g/mol. The normalized spacial score (nSPS) is 21.7. The van der Waals surface area contributed by atoms with Gasteiger partial charge in [-0.3, -0.25) is 14.9 Å². The number of nitrogens with zero attached hydrogens (tertiary/aromatic N) is 4. The van der Waals surface area contributed by atoms with Gasteiger partial charge in [0.2, 0.25) is 0 Å². The topological polar surface area (TPSA) is 120 Å². The molecule has 13 heteroatoms. The second-order valence-electron chi connectivity index (χ2n) is 9.67. The van der Waals surface area contributed by atoms with Crippen LogP contribution in [0, 0.1) is 11.6 Å². The van der Waals surface area contributed by atoms with Crippen LogP contribution in [0.1, 0.15) is 21.7 Å². The number of anilines is 1. The van der Waals surface area contributed by atoms with Gasteiger partial charge in [0, 0.05) is 44.9 Å². The fourth-order valence-corrected chi connectivity index (χ4v) is 5.21. The van der Waals surface area contributed by atoms with Crippen LogP contribution in [0.5, 0.6) is 5.75 Å². The minimum Gasteiger partial charge on any atom is -0.494 e. The third-order valence-corrected chi connectivity index (χ3v) is 7.31. The average Bonchev–Trinajstić information content (AvgIpc) is 3.53. The van der Waals surface area contributed by atoms with Crippen molar-refractivity contribution in [2.45, 2.75) is 12.1 Å². The largest absolute Gasteiger partial charge is 0.494 e. The first-order valence-electron chi connectivity index (χ1n) is 12.0. The van der Waals surface area contributed by atoms with Gasteiger partial charge in [0.1, 0.15) is 11.3 Å². The Labute approximate surface area is 215 Å². The van der Waals surface area contributed by atoms with E-state index < -0.39 is 35.0 Å². The Balaban J connectivity index is 1.37. The second-order valence-corrected chi connectivity index (χ2v) is 9.67. The molecule has 0 aliphatic carbocycles. The summed E-state index contributed by atoms with van der Waals surface area (Å²) in [6.07, 6.45) is 0. The number of methoxy groups -OCH3 is 1. The van der Waals surface area contributed by atoms with Crippen LogP contribution in [0.4, 0.5) is 19.4 Å². The number of amides is 4. The summed E-state index contributed by atoms with van der Waals surface area (Å²) in [6, 6.07) is 4.85. The Hall–Kier alpha value is -4.26. The first-order valence-corrected chi connectivity index (χ1v) is 12.0. The number of nitrogens with one attached hydrogen (secondary N) is 2. The molecule has 4 amide bonds. The molecule has 0 bridgehead atoms. The predicted octanol–water partition coefficient (Wildman–Crippen LogP) is 1.56. The lowest BCUT2D eigenvalue weighted by Gasteiger charge is -2.33. The Morgan fingerprint density at radius 1 is 1.13 bits per heavy atom. The van der Waals surface area contributed by atoms with E-state index in [2.05, 4.69) is 20.5 Å². The number of aromatic nitrogens is 1. The molecule has 5 heterocycles. The molecule has 0 radical (unpaired) electrons. The molecule has 0 saturated carbocycles. The maximum atomic E-state index is 15.0. The maximum absolute atomic E-state index is 15.0. The van der Waals surface area contributed by atoms with Crippen molar-refractivity contribution in [1.29, 1.82) is 0 Å². The molecule has 11 nitrogen and oxygen atoms in total. The van der Waals surface area contributed by atoms with Gasteiger partial charge in [-0.05, 0) is 18.7 Å². The van der Waals surface area contributed by atoms with E-state index >= 15 is 4.39 Å². The average molecular weight is 527 g/mol. The van der Waals surface area contributed by atoms with Crippen molar-refractivity contribution < 1.29 is 32.3 Å². The highest BCUT2D eigenvalue weighted by atomic mass is 19.1. The summed E-state index contributed by atoms with van der Waals surface area (Å²) < 4.78 is 40.7. The number of ether oxygens (including phenoxy) is 1. The highest BCUT2D eigenvalue weighted by Gasteiger charge is 2.53. The number of carbonyl (C=O) groups excluding carboxylic acids is 3. The molecular weight excluding hydrogens is 502 g/mol. The Morgan fingerprint density at radius 3 is 2.58 bits per heavy atom. The Morgan fingerprint density at radius 2 is 1.89 bits per heavy atom. The number of imide groups is 1. The van der Waals surface area contributed by atoms with Crippen molar-refractivity contribution in [3.63, 3.8) is 0 Å². The van der Waals surface area contributed by atoms with E-state index in [0.29, 0.717) is 18.7 Å². The lowest BCUT2D eigenvalue weighted by atomic mass is 9.95. The van der Waals surface area contributed by atoms with Gasteiger partial charge >= 0.3 is 6.03 Å². The SMILES string of the molecule is COc1ccc2c(c1F)C(=O)N(CC1(c3cc4nc(N5CCN(C)CC5)c(F)cc4o3)NC(=O)NC1=O)C2. The number of piperazine rings is 1. The van der Waals surface area contributed by atoms with E-state index in [-0.39, 0.29) is 47.1 Å². The fraction of sp³-hybridized carbons (Fsp3) is 0.360. The maximum Gasteiger partial charge on any atom is 0.322 e. The molecule has 2 aromatic heterocycles. The Kier molecular flexibility index (Phi) is 5.49. The van der Waals surface area contributed by atoms with Gasteiger partial charge in [-0.1, -0.05) is 6.07 Å². The highest BCUT2D eigenvalue weighted by molar-refractivity contribution is 6.08. The van der Waals surface area contributed by atoms with Crippen LogP contribution in [0.15, 0.2) is 28.7 Å². The minimum absolute atomic E-state index is 0.000637. The van der Waals surface area contributed by atoms with Gasteiger partial charge in [-0.15, -0.1) is 0 Å². The van der Waals surface area contributed by atoms with Crippen molar-refractivity contribution in [3.05, 3.63) is 52.8 Å². The molecule has 38 heavy (non-hydrogen) atoms. The van der Waals surface area contributed by atoms with E-state index in [9.17, 15) is 18.8 Å². The van der Waals surface area contributed by atoms with E-state index in [1.807, 2.05) is 11.9 Å². The van der Waals surface area contributed by atoms with Gasteiger partial charge in [0.15, 0.2) is 34.3 Å². The number of fused-ring (bicyclic) bond motifs is 2. The quantitative estimate of drug-likeness (QED) is 0.481. The van der Waals surface area contributed by atoms with Crippen LogP contribution in [0.2, 0.25) is 0 Å². The zero-order chi connectivity index (χ0) is 26.8. The zero-order valence-electron chi connectivity index (χ0n) is 20.6. The highest BCUT2D eigenvalue weighted by Crippen LogP contribution is 2.36. The summed E-state index contributed by atoms with van der Waals surface area (Å²) in [5.41, 5.74) is -1.21. The van der Waals surface area contributed by atoms with Crippen LogP contribution in [-0.4, -0.2) is 79.5 Å². The van der Waals surface area contributed by atoms with Crippen LogP contribution in [0.3, 0.4) is 0 Å². The molecule has 2 saturated heterocycles. The van der Waals surface area contributed by atoms with Crippen LogP contribution in [0.25, 0.3) is 11.1 Å². The molecule has 2 N–H and O–H groups in total. The third-order valence-electron chi connectivity index (χ3n) is 7.31. The van der Waals surface area contributed by atoms with Crippen LogP contribution < -0.4 is 20.3 Å². The second kappa shape index (κ2) is 8.65. The molecule has 1 aromatic carbocycles. The third kappa shape index (κ3) is 3.64. The van der Waals surface area contributed by atoms with Crippen molar-refractivity contribution in [2.24, 2.45) is 0 Å². The molecule has 198 valence electrons. The van der Waals surface area contributed by atoms with Gasteiger partial charge < -0.3 is 29.2 Å². The number of likely N-dealkylation sites (N-methyl/N-ethyl adjacent to an activating group) is 1. The van der Waals surface area contributed by atoms with Crippen molar-refractivity contribution in [1.82, 2.24) is 25.4 Å². The standard InChI is InChI=1S/C25H24F2N6O5/c1-31-5-7-32(8-6-31)21-14(26)9-17-15(28-21)10-18(38-17)25(23(35)29-24(36)30-25)12-33-11-13-3-4-16(37-2)20(27)19(13)22(33)34/h3-4,9-10H,5-8,11-12H2,1-2H3,(H2,29,30,35,36). The molecule has 3 aromatic rings. The molecule has 3 aliphatic rings. The van der Waals surface area contributed by atoms with Gasteiger partial charge in [-0.2, -0.15) is 0 Å². The lowest BCUT2D eigenvalue weighted by Crippen LogP contribution is -2.52. The number of urea groups is 1. The first-order chi connectivity index (χ1) is 18.2. The number of hydrogen-bond acceptors (Lipinski definition) is 8. The molecule has 6 rings (SSSR count). The van der Waals surface area contributed by atoms with Crippen LogP contribution in [-0.2, 0) is 16.9 Å². The molecule has 2 fully saturated rings.